The molecule has 0 unspecified atom stereocenters. The summed E-state index contributed by atoms with van der Waals surface area (Å²) in [4.78, 5) is -0.0789. The van der Waals surface area contributed by atoms with Crippen molar-refractivity contribution in [1.82, 2.24) is 0 Å². The summed E-state index contributed by atoms with van der Waals surface area (Å²) in [6.07, 6.45) is -4.59. The van der Waals surface area contributed by atoms with E-state index in [1.165, 1.54) is 18.2 Å². The van der Waals surface area contributed by atoms with Gasteiger partial charge < -0.3 is 0 Å². The molecule has 3 rings (SSSR count). The highest BCUT2D eigenvalue weighted by Crippen LogP contribution is 2.35. The second kappa shape index (κ2) is 6.14. The van der Waals surface area contributed by atoms with Crippen LogP contribution in [0.15, 0.2) is 52.5 Å². The molecule has 9 heteroatoms. The molecule has 1 N–H and O–H groups in total. The molecule has 2 aromatic rings. The zero-order chi connectivity index (χ0) is 18.2. The van der Waals surface area contributed by atoms with Crippen molar-refractivity contribution in [3.05, 3.63) is 59.4 Å². The normalized spacial score (nSPS) is 18.0. The van der Waals surface area contributed by atoms with Crippen LogP contribution in [0.25, 0.3) is 0 Å². The molecule has 4 nitrogen and oxygen atoms in total. The Balaban J connectivity index is 2.01. The zero-order valence-electron chi connectivity index (χ0n) is 12.6. The second-order valence-electron chi connectivity index (χ2n) is 5.42. The van der Waals surface area contributed by atoms with E-state index in [-0.39, 0.29) is 34.0 Å². The first kappa shape index (κ1) is 17.4. The first-order valence-electron chi connectivity index (χ1n) is 7.20. The molecule has 0 saturated carbocycles. The number of hydrogen-bond donors (Lipinski definition) is 1. The minimum absolute atomic E-state index is 0.0278. The van der Waals surface area contributed by atoms with Crippen molar-refractivity contribution in [2.45, 2.75) is 17.5 Å². The van der Waals surface area contributed by atoms with Crippen LogP contribution in [0.1, 0.15) is 17.5 Å². The van der Waals surface area contributed by atoms with Crippen LogP contribution in [0.3, 0.4) is 0 Å². The van der Waals surface area contributed by atoms with Gasteiger partial charge in [-0.1, -0.05) is 12.1 Å². The molecule has 1 aliphatic heterocycles. The molecule has 1 aliphatic rings. The molecule has 0 fully saturated rings. The Kier molecular flexibility index (Phi) is 4.28. The lowest BCUT2D eigenvalue weighted by atomic mass is 10.1. The van der Waals surface area contributed by atoms with Crippen LogP contribution in [0, 0.1) is 5.82 Å². The van der Waals surface area contributed by atoms with E-state index >= 15 is 0 Å². The van der Waals surface area contributed by atoms with Gasteiger partial charge in [-0.25, -0.2) is 12.8 Å². The Morgan fingerprint density at radius 1 is 1.08 bits per heavy atom. The molecule has 25 heavy (non-hydrogen) atoms. The molecule has 0 aliphatic carbocycles. The summed E-state index contributed by atoms with van der Waals surface area (Å²) in [5.74, 6) is -0.896. The summed E-state index contributed by atoms with van der Waals surface area (Å²) >= 11 is 0. The molecule has 1 heterocycles. The number of hydrogen-bond acceptors (Lipinski definition) is 4. The monoisotopic (exact) mass is 372 g/mol. The minimum atomic E-state index is -4.57. The molecule has 0 amide bonds. The average Bonchev–Trinajstić information content (AvgIpc) is 2.53. The maximum absolute atomic E-state index is 13.5. The molecule has 0 bridgehead atoms. The van der Waals surface area contributed by atoms with Gasteiger partial charge in [-0.3, -0.25) is 5.43 Å². The summed E-state index contributed by atoms with van der Waals surface area (Å²) < 4.78 is 76.5. The third kappa shape index (κ3) is 3.51. The largest absolute Gasteiger partial charge is 0.418 e. The van der Waals surface area contributed by atoms with Crippen LogP contribution in [0.4, 0.5) is 23.2 Å². The van der Waals surface area contributed by atoms with Gasteiger partial charge in [0.2, 0.25) is 0 Å². The van der Waals surface area contributed by atoms with Crippen molar-refractivity contribution >= 4 is 21.2 Å². The molecule has 132 valence electrons. The summed E-state index contributed by atoms with van der Waals surface area (Å²) in [6.45, 7) is 0. The number of nitrogens with one attached hydrogen (secondary N) is 1. The Morgan fingerprint density at radius 2 is 1.80 bits per heavy atom. The molecule has 0 aromatic heterocycles. The van der Waals surface area contributed by atoms with Crippen LogP contribution in [-0.2, 0) is 16.0 Å². The molecular formula is C16H12F4N2O2S. The van der Waals surface area contributed by atoms with E-state index in [0.29, 0.717) is 0 Å². The van der Waals surface area contributed by atoms with E-state index in [2.05, 4.69) is 10.5 Å². The highest BCUT2D eigenvalue weighted by molar-refractivity contribution is 7.91. The third-order valence-electron chi connectivity index (χ3n) is 3.74. The Morgan fingerprint density at radius 3 is 2.52 bits per heavy atom. The number of halogens is 4. The van der Waals surface area contributed by atoms with Crippen molar-refractivity contribution in [2.24, 2.45) is 5.10 Å². The number of alkyl halides is 3. The number of hydrazone groups is 1. The van der Waals surface area contributed by atoms with Gasteiger partial charge in [0.05, 0.1) is 27.6 Å². The predicted molar refractivity (Wildman–Crippen MR) is 84.7 cm³/mol. The number of rotatable bonds is 2. The molecular weight excluding hydrogens is 360 g/mol. The fourth-order valence-corrected chi connectivity index (χ4v) is 4.02. The highest BCUT2D eigenvalue weighted by atomic mass is 32.2. The summed E-state index contributed by atoms with van der Waals surface area (Å²) in [5, 5.41) is 3.91. The molecule has 0 radical (unpaired) electrons. The maximum Gasteiger partial charge on any atom is 0.418 e. The van der Waals surface area contributed by atoms with Crippen LogP contribution in [0.2, 0.25) is 0 Å². The summed E-state index contributed by atoms with van der Waals surface area (Å²) in [7, 11) is -3.56. The number of nitrogens with zero attached hydrogens (tertiary/aromatic N) is 1. The molecule has 0 atom stereocenters. The molecule has 0 saturated heterocycles. The SMILES string of the molecule is O=S1(=O)CC/C(=N/Nc2ccccc2C(F)(F)F)c2cc(F)ccc21. The first-order chi connectivity index (χ1) is 11.7. The number of anilines is 1. The maximum atomic E-state index is 13.5. The fourth-order valence-electron chi connectivity index (χ4n) is 2.55. The number of fused-ring (bicyclic) bond motifs is 1. The summed E-state index contributed by atoms with van der Waals surface area (Å²) in [5.41, 5.74) is 1.40. The van der Waals surface area contributed by atoms with E-state index < -0.39 is 27.4 Å². The van der Waals surface area contributed by atoms with E-state index in [1.54, 1.807) is 0 Å². The molecule has 2 aromatic carbocycles. The Bertz CT molecular complexity index is 953. The van der Waals surface area contributed by atoms with Crippen LogP contribution in [-0.4, -0.2) is 19.9 Å². The fraction of sp³-hybridized carbons (Fsp3) is 0.188. The van der Waals surface area contributed by atoms with Crippen LogP contribution < -0.4 is 5.43 Å². The van der Waals surface area contributed by atoms with Gasteiger partial charge in [-0.15, -0.1) is 0 Å². The Hall–Kier alpha value is -2.42. The van der Waals surface area contributed by atoms with Crippen molar-refractivity contribution in [3.63, 3.8) is 0 Å². The van der Waals surface area contributed by atoms with Crippen molar-refractivity contribution in [1.29, 1.82) is 0 Å². The van der Waals surface area contributed by atoms with E-state index in [9.17, 15) is 26.0 Å². The lowest BCUT2D eigenvalue weighted by molar-refractivity contribution is -0.136. The van der Waals surface area contributed by atoms with E-state index in [1.807, 2.05) is 0 Å². The van der Waals surface area contributed by atoms with Crippen molar-refractivity contribution < 1.29 is 26.0 Å². The smallest absolute Gasteiger partial charge is 0.278 e. The number of para-hydroxylation sites is 1. The number of sulfone groups is 1. The topological polar surface area (TPSA) is 58.5 Å². The van der Waals surface area contributed by atoms with Gasteiger partial charge in [0.25, 0.3) is 0 Å². The number of benzene rings is 2. The zero-order valence-corrected chi connectivity index (χ0v) is 13.5. The van der Waals surface area contributed by atoms with E-state index in [0.717, 1.165) is 24.3 Å². The van der Waals surface area contributed by atoms with Gasteiger partial charge in [0, 0.05) is 12.0 Å². The quantitative estimate of drug-likeness (QED) is 0.495. The highest BCUT2D eigenvalue weighted by Gasteiger charge is 2.33. The van der Waals surface area contributed by atoms with Gasteiger partial charge in [0.1, 0.15) is 5.82 Å². The van der Waals surface area contributed by atoms with Crippen molar-refractivity contribution in [3.8, 4) is 0 Å². The molecule has 0 spiro atoms. The first-order valence-corrected chi connectivity index (χ1v) is 8.85. The standard InChI is InChI=1S/C16H12F4N2O2S/c17-10-5-6-15-11(9-10)13(7-8-25(15,23)24)21-22-14-4-2-1-3-12(14)16(18,19)20/h1-6,9,22H,7-8H2/b21-13-. The lowest BCUT2D eigenvalue weighted by Crippen LogP contribution is -2.23. The van der Waals surface area contributed by atoms with Crippen molar-refractivity contribution in [2.75, 3.05) is 11.2 Å². The van der Waals surface area contributed by atoms with Crippen LogP contribution in [0.5, 0.6) is 0 Å². The Labute approximate surface area is 141 Å². The third-order valence-corrected chi connectivity index (χ3v) is 5.51. The predicted octanol–water partition coefficient (Wildman–Crippen LogP) is 3.84. The van der Waals surface area contributed by atoms with Gasteiger partial charge in [-0.2, -0.15) is 18.3 Å². The second-order valence-corrected chi connectivity index (χ2v) is 7.50. The summed E-state index contributed by atoms with van der Waals surface area (Å²) in [6, 6.07) is 7.95. The van der Waals surface area contributed by atoms with Gasteiger partial charge >= 0.3 is 6.18 Å². The van der Waals surface area contributed by atoms with Gasteiger partial charge in [-0.05, 0) is 30.3 Å². The van der Waals surface area contributed by atoms with E-state index in [4.69, 9.17) is 0 Å². The minimum Gasteiger partial charge on any atom is -0.278 e. The van der Waals surface area contributed by atoms with Gasteiger partial charge in [0.15, 0.2) is 9.84 Å². The van der Waals surface area contributed by atoms with Crippen LogP contribution >= 0.6 is 0 Å². The lowest BCUT2D eigenvalue weighted by Gasteiger charge is -2.19. The average molecular weight is 372 g/mol.